The number of fused-ring (bicyclic) bond motifs is 1. The average molecular weight is 442 g/mol. The van der Waals surface area contributed by atoms with E-state index in [0.717, 1.165) is 6.42 Å². The normalized spacial score (nSPS) is 19.7. The van der Waals surface area contributed by atoms with E-state index in [2.05, 4.69) is 38.0 Å². The van der Waals surface area contributed by atoms with Gasteiger partial charge in [0.25, 0.3) is 5.91 Å². The lowest BCUT2D eigenvalue weighted by Crippen LogP contribution is -2.28. The number of alkyl halides is 1. The van der Waals surface area contributed by atoms with E-state index in [1.165, 1.54) is 0 Å². The molecule has 126 valence electrons. The van der Waals surface area contributed by atoms with Crippen molar-refractivity contribution >= 4 is 34.3 Å². The van der Waals surface area contributed by atoms with Crippen molar-refractivity contribution in [2.75, 3.05) is 18.0 Å². The smallest absolute Gasteiger partial charge is 0.254 e. The lowest BCUT2D eigenvalue weighted by Gasteiger charge is -2.20. The first-order valence-corrected chi connectivity index (χ1v) is 9.21. The molecule has 2 aliphatic heterocycles. The molecule has 0 unspecified atom stereocenters. The van der Waals surface area contributed by atoms with Gasteiger partial charge in [-0.25, -0.2) is 9.37 Å². The van der Waals surface area contributed by atoms with Gasteiger partial charge < -0.3 is 16.0 Å². The molecule has 2 aliphatic rings. The number of halogens is 2. The fourth-order valence-electron chi connectivity index (χ4n) is 3.22. The van der Waals surface area contributed by atoms with E-state index in [0.29, 0.717) is 40.0 Å². The molecule has 1 atom stereocenters. The molecule has 0 bridgehead atoms. The Morgan fingerprint density at radius 3 is 3.00 bits per heavy atom. The maximum absolute atomic E-state index is 14.9. The number of nitrogens with zero attached hydrogens (tertiary/aromatic N) is 4. The molecule has 24 heavy (non-hydrogen) atoms. The Bertz CT molecular complexity index is 823. The van der Waals surface area contributed by atoms with E-state index in [4.69, 9.17) is 5.73 Å². The van der Waals surface area contributed by atoms with Gasteiger partial charge in [0.2, 0.25) is 0 Å². The molecule has 4 rings (SSSR count). The van der Waals surface area contributed by atoms with Gasteiger partial charge in [0.1, 0.15) is 0 Å². The third-order valence-electron chi connectivity index (χ3n) is 4.42. The van der Waals surface area contributed by atoms with Gasteiger partial charge in [-0.05, 0) is 6.42 Å². The van der Waals surface area contributed by atoms with Crippen LogP contribution in [0.5, 0.6) is 0 Å². The highest BCUT2D eigenvalue weighted by atomic mass is 127. The Morgan fingerprint density at radius 2 is 2.33 bits per heavy atom. The minimum absolute atomic E-state index is 0.0180. The van der Waals surface area contributed by atoms with E-state index >= 15 is 0 Å². The van der Waals surface area contributed by atoms with Crippen molar-refractivity contribution in [3.63, 3.8) is 0 Å². The first kappa shape index (κ1) is 15.8. The fourth-order valence-corrected chi connectivity index (χ4v) is 3.59. The zero-order valence-corrected chi connectivity index (χ0v) is 15.0. The van der Waals surface area contributed by atoms with Crippen molar-refractivity contribution in [1.29, 1.82) is 0 Å². The van der Waals surface area contributed by atoms with Gasteiger partial charge in [0.15, 0.2) is 11.6 Å². The Labute approximate surface area is 151 Å². The lowest BCUT2D eigenvalue weighted by atomic mass is 10.0. The molecule has 1 amide bonds. The second-order valence-corrected chi connectivity index (χ2v) is 6.70. The summed E-state index contributed by atoms with van der Waals surface area (Å²) >= 11 is 2.19. The molecule has 0 spiro atoms. The van der Waals surface area contributed by atoms with Gasteiger partial charge >= 0.3 is 0 Å². The number of anilines is 1. The number of pyridine rings is 1. The SMILES string of the molecule is N[C@H]1CCN(c2nc(-c3cnn(CI)c3)c3c(c2F)CNC3=O)C1. The maximum atomic E-state index is 14.9. The van der Waals surface area contributed by atoms with Crippen LogP contribution in [0, 0.1) is 5.82 Å². The van der Waals surface area contributed by atoms with Gasteiger partial charge in [0.05, 0.1) is 22.0 Å². The number of hydrogen-bond acceptors (Lipinski definition) is 5. The summed E-state index contributed by atoms with van der Waals surface area (Å²) in [6, 6.07) is 0.0180. The first-order chi connectivity index (χ1) is 11.6. The number of carbonyl (C=O) groups excluding carboxylic acids is 1. The predicted octanol–water partition coefficient (Wildman–Crippen LogP) is 1.26. The number of amides is 1. The van der Waals surface area contributed by atoms with Crippen LogP contribution in [0.2, 0.25) is 0 Å². The minimum atomic E-state index is -0.428. The van der Waals surface area contributed by atoms with Crippen molar-refractivity contribution in [3.8, 4) is 11.3 Å². The molecule has 1 fully saturated rings. The summed E-state index contributed by atoms with van der Waals surface area (Å²) in [6.45, 7) is 1.41. The third-order valence-corrected chi connectivity index (χ3v) is 5.12. The molecule has 4 heterocycles. The molecule has 3 N–H and O–H groups in total. The number of nitrogens with one attached hydrogen (secondary N) is 1. The van der Waals surface area contributed by atoms with Crippen molar-refractivity contribution in [3.05, 3.63) is 29.3 Å². The van der Waals surface area contributed by atoms with Gasteiger partial charge in [0, 0.05) is 43.0 Å². The summed E-state index contributed by atoms with van der Waals surface area (Å²) in [6.07, 6.45) is 4.28. The lowest BCUT2D eigenvalue weighted by molar-refractivity contribution is 0.0966. The molecule has 0 radical (unpaired) electrons. The monoisotopic (exact) mass is 442 g/mol. The molecular weight excluding hydrogens is 426 g/mol. The third kappa shape index (κ3) is 2.46. The topological polar surface area (TPSA) is 89.1 Å². The number of nitrogens with two attached hydrogens (primary N) is 1. The van der Waals surface area contributed by atoms with Gasteiger partial charge in [-0.3, -0.25) is 9.48 Å². The van der Waals surface area contributed by atoms with E-state index in [1.54, 1.807) is 10.9 Å². The minimum Gasteiger partial charge on any atom is -0.353 e. The molecular formula is C15H16FIN6O. The van der Waals surface area contributed by atoms with E-state index in [9.17, 15) is 9.18 Å². The van der Waals surface area contributed by atoms with Crippen LogP contribution in [0.15, 0.2) is 12.4 Å². The van der Waals surface area contributed by atoms with Crippen LogP contribution in [0.4, 0.5) is 10.2 Å². The molecule has 9 heteroatoms. The zero-order valence-electron chi connectivity index (χ0n) is 12.8. The van der Waals surface area contributed by atoms with E-state index in [1.807, 2.05) is 11.1 Å². The Kier molecular flexibility index (Phi) is 3.91. The largest absolute Gasteiger partial charge is 0.353 e. The summed E-state index contributed by atoms with van der Waals surface area (Å²) in [5.74, 6) is -0.448. The van der Waals surface area contributed by atoms with Crippen LogP contribution in [0.3, 0.4) is 0 Å². The van der Waals surface area contributed by atoms with Crippen LogP contribution in [-0.2, 0) is 11.1 Å². The number of rotatable bonds is 3. The molecule has 7 nitrogen and oxygen atoms in total. The Morgan fingerprint density at radius 1 is 1.50 bits per heavy atom. The Hall–Kier alpha value is -1.75. The van der Waals surface area contributed by atoms with Crippen molar-refractivity contribution in [1.82, 2.24) is 20.1 Å². The second kappa shape index (κ2) is 5.96. The van der Waals surface area contributed by atoms with Gasteiger partial charge in [-0.2, -0.15) is 5.10 Å². The molecule has 2 aromatic rings. The maximum Gasteiger partial charge on any atom is 0.254 e. The van der Waals surface area contributed by atoms with Crippen LogP contribution < -0.4 is 16.0 Å². The molecule has 1 saturated heterocycles. The molecule has 2 aromatic heterocycles. The number of aromatic nitrogens is 3. The van der Waals surface area contributed by atoms with E-state index in [-0.39, 0.29) is 24.3 Å². The highest BCUT2D eigenvalue weighted by molar-refractivity contribution is 14.1. The number of hydrogen-bond donors (Lipinski definition) is 2. The van der Waals surface area contributed by atoms with Crippen LogP contribution in [0.1, 0.15) is 22.3 Å². The molecule has 0 aliphatic carbocycles. The van der Waals surface area contributed by atoms with Crippen LogP contribution >= 0.6 is 22.6 Å². The highest BCUT2D eigenvalue weighted by Crippen LogP contribution is 2.34. The molecule has 0 aromatic carbocycles. The van der Waals surface area contributed by atoms with Crippen molar-refractivity contribution in [2.24, 2.45) is 5.73 Å². The van der Waals surface area contributed by atoms with Crippen molar-refractivity contribution in [2.45, 2.75) is 23.6 Å². The highest BCUT2D eigenvalue weighted by Gasteiger charge is 2.33. The summed E-state index contributed by atoms with van der Waals surface area (Å²) in [4.78, 5) is 18.6. The van der Waals surface area contributed by atoms with Gasteiger partial charge in [-0.1, -0.05) is 22.6 Å². The van der Waals surface area contributed by atoms with Crippen LogP contribution in [0.25, 0.3) is 11.3 Å². The number of carbonyl (C=O) groups is 1. The zero-order chi connectivity index (χ0) is 16.8. The van der Waals surface area contributed by atoms with Crippen molar-refractivity contribution < 1.29 is 9.18 Å². The molecule has 0 saturated carbocycles. The fraction of sp³-hybridized carbons (Fsp3) is 0.400. The second-order valence-electron chi connectivity index (χ2n) is 6.02. The summed E-state index contributed by atoms with van der Waals surface area (Å²) in [5.41, 5.74) is 7.83. The average Bonchev–Trinajstić information content (AvgIpc) is 3.29. The standard InChI is InChI=1S/C15H16FIN6O/c16-12-10-4-19-15(24)11(10)13(8-3-20-23(5-8)7-17)21-14(12)22-2-1-9(18)6-22/h3,5,9H,1-2,4,6-7,18H2,(H,19,24)/t9-/m0/s1. The summed E-state index contributed by atoms with van der Waals surface area (Å²) in [5, 5.41) is 6.93. The first-order valence-electron chi connectivity index (χ1n) is 7.68. The summed E-state index contributed by atoms with van der Waals surface area (Å²) < 4.78 is 17.4. The Balaban J connectivity index is 1.88. The predicted molar refractivity (Wildman–Crippen MR) is 95.4 cm³/mol. The van der Waals surface area contributed by atoms with E-state index < -0.39 is 5.82 Å². The van der Waals surface area contributed by atoms with Gasteiger partial charge in [-0.15, -0.1) is 0 Å². The quantitative estimate of drug-likeness (QED) is 0.552. The summed E-state index contributed by atoms with van der Waals surface area (Å²) in [7, 11) is 0. The van der Waals surface area contributed by atoms with Crippen LogP contribution in [-0.4, -0.2) is 39.8 Å².